The molecule has 0 saturated carbocycles. The summed E-state index contributed by atoms with van der Waals surface area (Å²) in [6.45, 7) is 0.275. The number of pyridine rings is 1. The minimum absolute atomic E-state index is 0.196. The lowest BCUT2D eigenvalue weighted by Crippen LogP contribution is -2.24. The summed E-state index contributed by atoms with van der Waals surface area (Å²) in [5.74, 6) is -0.401. The van der Waals surface area contributed by atoms with Crippen molar-refractivity contribution in [1.82, 2.24) is 15.6 Å². The molecule has 0 fully saturated rings. The molecule has 2 aromatic heterocycles. The fraction of sp³-hybridized carbons (Fsp3) is 0.105. The lowest BCUT2D eigenvalue weighted by atomic mass is 10.1. The molecule has 126 valence electrons. The highest BCUT2D eigenvalue weighted by molar-refractivity contribution is 7.13. The summed E-state index contributed by atoms with van der Waals surface area (Å²) in [5, 5.41) is 8.08. The van der Waals surface area contributed by atoms with Gasteiger partial charge in [-0.15, -0.1) is 11.3 Å². The number of fused-ring (bicyclic) bond motifs is 1. The molecule has 0 atom stereocenters. The Bertz CT molecular complexity index is 933. The fourth-order valence-corrected chi connectivity index (χ4v) is 3.10. The quantitative estimate of drug-likeness (QED) is 0.694. The lowest BCUT2D eigenvalue weighted by molar-refractivity contribution is -0.116. The predicted molar refractivity (Wildman–Crippen MR) is 101 cm³/mol. The highest BCUT2D eigenvalue weighted by Crippen LogP contribution is 2.27. The van der Waals surface area contributed by atoms with Crippen LogP contribution in [0.15, 0.2) is 60.0 Å². The van der Waals surface area contributed by atoms with Crippen molar-refractivity contribution in [3.8, 4) is 10.6 Å². The Morgan fingerprint density at radius 2 is 2.04 bits per heavy atom. The zero-order valence-electron chi connectivity index (χ0n) is 13.7. The van der Waals surface area contributed by atoms with Crippen LogP contribution in [0.1, 0.15) is 10.4 Å². The molecular weight excluding hydrogens is 334 g/mol. The Labute approximate surface area is 149 Å². The van der Waals surface area contributed by atoms with Crippen LogP contribution in [-0.2, 0) is 4.79 Å². The molecule has 2 heterocycles. The van der Waals surface area contributed by atoms with Crippen LogP contribution in [0.5, 0.6) is 0 Å². The summed E-state index contributed by atoms with van der Waals surface area (Å²) >= 11 is 1.58. The van der Waals surface area contributed by atoms with E-state index in [1.165, 1.54) is 6.08 Å². The second-order valence-electron chi connectivity index (χ2n) is 5.28. The van der Waals surface area contributed by atoms with E-state index in [0.29, 0.717) is 5.56 Å². The number of para-hydroxylation sites is 1. The molecule has 0 spiro atoms. The van der Waals surface area contributed by atoms with Crippen LogP contribution >= 0.6 is 11.3 Å². The number of thiophene rings is 1. The minimum Gasteiger partial charge on any atom is -0.356 e. The van der Waals surface area contributed by atoms with Crippen LogP contribution < -0.4 is 10.6 Å². The first-order chi connectivity index (χ1) is 12.2. The highest BCUT2D eigenvalue weighted by atomic mass is 32.1. The van der Waals surface area contributed by atoms with Gasteiger partial charge >= 0.3 is 0 Å². The second kappa shape index (κ2) is 7.72. The number of hydrogen-bond donors (Lipinski definition) is 2. The average Bonchev–Trinajstić information content (AvgIpc) is 3.18. The minimum atomic E-state index is -0.205. The number of amides is 2. The second-order valence-corrected chi connectivity index (χ2v) is 6.22. The smallest absolute Gasteiger partial charge is 0.252 e. The molecule has 0 aliphatic rings. The Balaban J connectivity index is 1.90. The van der Waals surface area contributed by atoms with Gasteiger partial charge in [0.2, 0.25) is 5.91 Å². The molecule has 6 heteroatoms. The van der Waals surface area contributed by atoms with Gasteiger partial charge in [-0.3, -0.25) is 9.59 Å². The van der Waals surface area contributed by atoms with Gasteiger partial charge in [0.15, 0.2) is 0 Å². The summed E-state index contributed by atoms with van der Waals surface area (Å²) < 4.78 is 0. The predicted octanol–water partition coefficient (Wildman–Crippen LogP) is 3.00. The van der Waals surface area contributed by atoms with E-state index in [9.17, 15) is 9.59 Å². The third kappa shape index (κ3) is 3.92. The van der Waals surface area contributed by atoms with E-state index >= 15 is 0 Å². The lowest BCUT2D eigenvalue weighted by Gasteiger charge is -2.09. The molecule has 0 unspecified atom stereocenters. The van der Waals surface area contributed by atoms with Crippen molar-refractivity contribution >= 4 is 34.1 Å². The van der Waals surface area contributed by atoms with Crippen LogP contribution in [0.25, 0.3) is 21.5 Å². The Morgan fingerprint density at radius 1 is 1.20 bits per heavy atom. The van der Waals surface area contributed by atoms with E-state index < -0.39 is 0 Å². The molecule has 25 heavy (non-hydrogen) atoms. The van der Waals surface area contributed by atoms with E-state index in [2.05, 4.69) is 15.6 Å². The number of hydrogen-bond acceptors (Lipinski definition) is 4. The molecule has 3 aromatic rings. The van der Waals surface area contributed by atoms with Gasteiger partial charge in [-0.05, 0) is 23.6 Å². The zero-order chi connectivity index (χ0) is 17.6. The normalized spacial score (nSPS) is 10.9. The van der Waals surface area contributed by atoms with Gasteiger partial charge < -0.3 is 10.6 Å². The molecule has 2 N–H and O–H groups in total. The van der Waals surface area contributed by atoms with E-state index in [1.807, 2.05) is 47.8 Å². The number of carbonyl (C=O) groups excluding carboxylic acids is 2. The summed E-state index contributed by atoms with van der Waals surface area (Å²) in [4.78, 5) is 29.5. The van der Waals surface area contributed by atoms with Gasteiger partial charge in [0.1, 0.15) is 0 Å². The van der Waals surface area contributed by atoms with Crippen molar-refractivity contribution < 1.29 is 9.59 Å². The van der Waals surface area contributed by atoms with Crippen molar-refractivity contribution in [1.29, 1.82) is 0 Å². The molecule has 1 aromatic carbocycles. The van der Waals surface area contributed by atoms with Crippen molar-refractivity contribution in [3.05, 3.63) is 65.6 Å². The third-order valence-corrected chi connectivity index (χ3v) is 4.52. The Hall–Kier alpha value is -2.99. The molecule has 3 rings (SSSR count). The first-order valence-corrected chi connectivity index (χ1v) is 8.67. The van der Waals surface area contributed by atoms with E-state index in [1.54, 1.807) is 24.5 Å². The molecule has 0 aliphatic carbocycles. The topological polar surface area (TPSA) is 71.1 Å². The van der Waals surface area contributed by atoms with E-state index in [-0.39, 0.29) is 18.4 Å². The van der Waals surface area contributed by atoms with Gasteiger partial charge in [0, 0.05) is 25.1 Å². The van der Waals surface area contributed by atoms with Crippen molar-refractivity contribution in [2.24, 2.45) is 0 Å². The molecular formula is C19H17N3O2S. The number of aromatic nitrogens is 1. The maximum absolute atomic E-state index is 12.6. The van der Waals surface area contributed by atoms with Crippen molar-refractivity contribution in [2.45, 2.75) is 0 Å². The largest absolute Gasteiger partial charge is 0.356 e. The van der Waals surface area contributed by atoms with Gasteiger partial charge in [-0.2, -0.15) is 0 Å². The molecule has 5 nitrogen and oxygen atoms in total. The maximum atomic E-state index is 12.6. The molecule has 0 bridgehead atoms. The monoisotopic (exact) mass is 351 g/mol. The van der Waals surface area contributed by atoms with Gasteiger partial charge in [0.25, 0.3) is 5.91 Å². The maximum Gasteiger partial charge on any atom is 0.252 e. The summed E-state index contributed by atoms with van der Waals surface area (Å²) in [6, 6.07) is 13.3. The Kier molecular flexibility index (Phi) is 5.20. The summed E-state index contributed by atoms with van der Waals surface area (Å²) in [7, 11) is 1.56. The van der Waals surface area contributed by atoms with E-state index in [0.717, 1.165) is 21.5 Å². The molecule has 2 amide bonds. The fourth-order valence-electron chi connectivity index (χ4n) is 2.41. The summed E-state index contributed by atoms with van der Waals surface area (Å²) in [5.41, 5.74) is 2.13. The number of benzene rings is 1. The van der Waals surface area contributed by atoms with Crippen molar-refractivity contribution in [3.63, 3.8) is 0 Å². The molecule has 0 aliphatic heterocycles. The van der Waals surface area contributed by atoms with Gasteiger partial charge in [0.05, 0.1) is 21.7 Å². The first kappa shape index (κ1) is 16.9. The van der Waals surface area contributed by atoms with Crippen LogP contribution in [-0.4, -0.2) is 30.4 Å². The van der Waals surface area contributed by atoms with Gasteiger partial charge in [-0.25, -0.2) is 4.98 Å². The molecule has 0 radical (unpaired) electrons. The summed E-state index contributed by atoms with van der Waals surface area (Å²) in [6.07, 6.45) is 3.00. The van der Waals surface area contributed by atoms with Crippen LogP contribution in [0.4, 0.5) is 0 Å². The SMILES string of the molecule is CNC(=O)/C=C/CNC(=O)c1cc(-c2cccs2)nc2ccccc12. The third-order valence-electron chi connectivity index (χ3n) is 3.63. The average molecular weight is 351 g/mol. The number of nitrogens with one attached hydrogen (secondary N) is 2. The first-order valence-electron chi connectivity index (χ1n) is 7.79. The standard InChI is InChI=1S/C19H17N3O2S/c1-20-18(23)9-4-10-21-19(24)14-12-16(17-8-5-11-25-17)22-15-7-3-2-6-13(14)15/h2-9,11-12H,10H2,1H3,(H,20,23)(H,21,24)/b9-4+. The zero-order valence-corrected chi connectivity index (χ0v) is 14.5. The van der Waals surface area contributed by atoms with Crippen LogP contribution in [0.2, 0.25) is 0 Å². The number of carbonyl (C=O) groups is 2. The van der Waals surface area contributed by atoms with E-state index in [4.69, 9.17) is 0 Å². The highest BCUT2D eigenvalue weighted by Gasteiger charge is 2.13. The number of nitrogens with zero attached hydrogens (tertiary/aromatic N) is 1. The Morgan fingerprint density at radius 3 is 2.80 bits per heavy atom. The van der Waals surface area contributed by atoms with Crippen LogP contribution in [0, 0.1) is 0 Å². The number of rotatable bonds is 5. The number of likely N-dealkylation sites (N-methyl/N-ethyl adjacent to an activating group) is 1. The van der Waals surface area contributed by atoms with Gasteiger partial charge in [-0.1, -0.05) is 30.3 Å². The molecule has 0 saturated heterocycles. The van der Waals surface area contributed by atoms with Crippen molar-refractivity contribution in [2.75, 3.05) is 13.6 Å². The van der Waals surface area contributed by atoms with Crippen LogP contribution in [0.3, 0.4) is 0 Å².